The molecule has 0 spiro atoms. The average molecular weight is 346 g/mol. The highest BCUT2D eigenvalue weighted by Crippen LogP contribution is 2.21. The molecular weight excluding hydrogens is 310 g/mol. The summed E-state index contributed by atoms with van der Waals surface area (Å²) in [6.07, 6.45) is 7.65. The van der Waals surface area contributed by atoms with Crippen LogP contribution >= 0.6 is 0 Å². The fourth-order valence-corrected chi connectivity index (χ4v) is 3.18. The Balaban J connectivity index is 0.00000151. The molecule has 140 valence electrons. The summed E-state index contributed by atoms with van der Waals surface area (Å²) in [7, 11) is 0. The molecule has 1 N–H and O–H groups in total. The molecule has 1 atom stereocenters. The second kappa shape index (κ2) is 10.9. The van der Waals surface area contributed by atoms with E-state index >= 15 is 0 Å². The summed E-state index contributed by atoms with van der Waals surface area (Å²) < 4.78 is 0. The Morgan fingerprint density at radius 1 is 1.20 bits per heavy atom. The number of benzene rings is 1. The van der Waals surface area contributed by atoms with Gasteiger partial charge in [0.05, 0.1) is 6.54 Å². The first-order chi connectivity index (χ1) is 12.1. The predicted molar refractivity (Wildman–Crippen MR) is 107 cm³/mol. The van der Waals surface area contributed by atoms with E-state index in [9.17, 15) is 4.79 Å². The maximum absolute atomic E-state index is 12.5. The van der Waals surface area contributed by atoms with Gasteiger partial charge in [-0.15, -0.1) is 0 Å². The maximum Gasteiger partial charge on any atom is 0.240 e. The van der Waals surface area contributed by atoms with Gasteiger partial charge in [0.15, 0.2) is 0 Å². The highest BCUT2D eigenvalue weighted by molar-refractivity contribution is 5.93. The van der Waals surface area contributed by atoms with Crippen molar-refractivity contribution in [2.45, 2.75) is 66.8 Å². The Labute approximate surface area is 153 Å². The van der Waals surface area contributed by atoms with Crippen LogP contribution in [0, 0.1) is 13.8 Å². The van der Waals surface area contributed by atoms with Crippen LogP contribution in [0.4, 0.5) is 5.69 Å². The molecule has 0 radical (unpaired) electrons. The summed E-state index contributed by atoms with van der Waals surface area (Å²) in [6.45, 7) is 13.7. The molecule has 2 rings (SSSR count). The van der Waals surface area contributed by atoms with Crippen molar-refractivity contribution in [2.24, 2.45) is 0 Å². The van der Waals surface area contributed by atoms with Crippen LogP contribution in [-0.4, -0.2) is 35.1 Å². The first-order valence-electron chi connectivity index (χ1n) is 9.62. The van der Waals surface area contributed by atoms with Gasteiger partial charge in [0.25, 0.3) is 0 Å². The smallest absolute Gasteiger partial charge is 0.240 e. The number of nitrogens with zero attached hydrogens (tertiary/aromatic N) is 2. The lowest BCUT2D eigenvalue weighted by Crippen LogP contribution is -2.45. The van der Waals surface area contributed by atoms with Crippen LogP contribution < -0.4 is 5.32 Å². The fraction of sp³-hybridized carbons (Fsp3) is 0.571. The van der Waals surface area contributed by atoms with Crippen molar-refractivity contribution < 1.29 is 4.79 Å². The molecule has 0 aromatic heterocycles. The van der Waals surface area contributed by atoms with Crippen LogP contribution in [0.5, 0.6) is 0 Å². The topological polar surface area (TPSA) is 35.6 Å². The minimum absolute atomic E-state index is 0.0439. The molecule has 0 fully saturated rings. The number of rotatable bonds is 7. The molecule has 4 nitrogen and oxygen atoms in total. The largest absolute Gasteiger partial charge is 0.324 e. The molecule has 25 heavy (non-hydrogen) atoms. The molecule has 1 amide bonds. The number of hydrazine groups is 1. The molecule has 1 aromatic rings. The molecule has 0 bridgehead atoms. The summed E-state index contributed by atoms with van der Waals surface area (Å²) in [4.78, 5) is 12.5. The number of carbonyl (C=O) groups is 1. The van der Waals surface area contributed by atoms with Gasteiger partial charge in [0.2, 0.25) is 5.91 Å². The zero-order chi connectivity index (χ0) is 18.8. The third-order valence-electron chi connectivity index (χ3n) is 4.44. The lowest BCUT2D eigenvalue weighted by atomic mass is 10.1. The summed E-state index contributed by atoms with van der Waals surface area (Å²) in [5.74, 6) is 0.0439. The first-order valence-corrected chi connectivity index (χ1v) is 9.62. The van der Waals surface area contributed by atoms with E-state index in [1.54, 1.807) is 0 Å². The highest BCUT2D eigenvalue weighted by Gasteiger charge is 2.24. The van der Waals surface area contributed by atoms with E-state index in [0.29, 0.717) is 12.6 Å². The lowest BCUT2D eigenvalue weighted by Gasteiger charge is -2.35. The average Bonchev–Trinajstić information content (AvgIpc) is 3.06. The monoisotopic (exact) mass is 345 g/mol. The molecule has 0 saturated heterocycles. The van der Waals surface area contributed by atoms with Crippen molar-refractivity contribution in [2.75, 3.05) is 18.4 Å². The van der Waals surface area contributed by atoms with Crippen LogP contribution in [0.2, 0.25) is 0 Å². The second-order valence-corrected chi connectivity index (χ2v) is 6.28. The first kappa shape index (κ1) is 21.2. The van der Waals surface area contributed by atoms with E-state index in [1.807, 2.05) is 45.9 Å². The van der Waals surface area contributed by atoms with Crippen LogP contribution in [0.15, 0.2) is 30.5 Å². The van der Waals surface area contributed by atoms with Crippen molar-refractivity contribution in [1.82, 2.24) is 10.0 Å². The third-order valence-corrected chi connectivity index (χ3v) is 4.44. The van der Waals surface area contributed by atoms with Gasteiger partial charge in [-0.2, -0.15) is 0 Å². The van der Waals surface area contributed by atoms with Crippen molar-refractivity contribution in [3.63, 3.8) is 0 Å². The number of amides is 1. The second-order valence-electron chi connectivity index (χ2n) is 6.28. The van der Waals surface area contributed by atoms with E-state index in [4.69, 9.17) is 0 Å². The van der Waals surface area contributed by atoms with Gasteiger partial charge < -0.3 is 10.3 Å². The number of hydrogen-bond acceptors (Lipinski definition) is 3. The van der Waals surface area contributed by atoms with Crippen molar-refractivity contribution in [3.8, 4) is 0 Å². The van der Waals surface area contributed by atoms with Gasteiger partial charge in [0.1, 0.15) is 0 Å². The zero-order valence-electron chi connectivity index (χ0n) is 16.8. The van der Waals surface area contributed by atoms with E-state index in [2.05, 4.69) is 41.5 Å². The molecule has 1 unspecified atom stereocenters. The zero-order valence-corrected chi connectivity index (χ0v) is 16.8. The third kappa shape index (κ3) is 5.89. The summed E-state index contributed by atoms with van der Waals surface area (Å²) in [5, 5.41) is 7.46. The number of para-hydroxylation sites is 1. The minimum atomic E-state index is 0.0439. The summed E-state index contributed by atoms with van der Waals surface area (Å²) in [5.41, 5.74) is 3.15. The summed E-state index contributed by atoms with van der Waals surface area (Å²) >= 11 is 0. The van der Waals surface area contributed by atoms with Crippen molar-refractivity contribution >= 4 is 11.6 Å². The van der Waals surface area contributed by atoms with Crippen LogP contribution in [0.3, 0.4) is 0 Å². The predicted octanol–water partition coefficient (Wildman–Crippen LogP) is 4.89. The molecule has 1 aliphatic rings. The van der Waals surface area contributed by atoms with E-state index in [1.165, 1.54) is 0 Å². The van der Waals surface area contributed by atoms with Crippen LogP contribution in [0.25, 0.3) is 0 Å². The van der Waals surface area contributed by atoms with Gasteiger partial charge in [-0.05, 0) is 37.8 Å². The fourth-order valence-electron chi connectivity index (χ4n) is 3.18. The Kier molecular flexibility index (Phi) is 9.28. The molecule has 0 aliphatic carbocycles. The lowest BCUT2D eigenvalue weighted by molar-refractivity contribution is -0.121. The van der Waals surface area contributed by atoms with E-state index < -0.39 is 0 Å². The van der Waals surface area contributed by atoms with Gasteiger partial charge in [-0.25, -0.2) is 5.01 Å². The van der Waals surface area contributed by atoms with Gasteiger partial charge >= 0.3 is 0 Å². The van der Waals surface area contributed by atoms with Gasteiger partial charge in [0, 0.05) is 24.5 Å². The Bertz CT molecular complexity index is 548. The summed E-state index contributed by atoms with van der Waals surface area (Å²) in [6, 6.07) is 6.55. The molecular formula is C21H35N3O. The number of aryl methyl sites for hydroxylation is 2. The number of hydrogen-bond donors (Lipinski definition) is 1. The molecule has 1 aliphatic heterocycles. The Morgan fingerprint density at radius 2 is 1.84 bits per heavy atom. The SMILES string of the molecule is CC.CCCC(CC)N1C=CCN1CC(=O)Nc1c(C)cccc1C. The van der Waals surface area contributed by atoms with Gasteiger partial charge in [-0.3, -0.25) is 4.79 Å². The number of nitrogens with one attached hydrogen (secondary N) is 1. The number of anilines is 1. The van der Waals surface area contributed by atoms with E-state index in [-0.39, 0.29) is 5.91 Å². The molecule has 1 heterocycles. The maximum atomic E-state index is 12.5. The van der Waals surface area contributed by atoms with Crippen LogP contribution in [0.1, 0.15) is 58.1 Å². The molecule has 1 aromatic carbocycles. The standard InChI is InChI=1S/C19H29N3O.C2H6/c1-5-9-17(6-2)22-13-8-12-21(22)14-18(23)20-19-15(3)10-7-11-16(19)4;1-2/h7-8,10-11,13,17H,5-6,9,12,14H2,1-4H3,(H,20,23);1-2H3. The minimum Gasteiger partial charge on any atom is -0.324 e. The van der Waals surface area contributed by atoms with E-state index in [0.717, 1.165) is 42.6 Å². The number of carbonyl (C=O) groups excluding carboxylic acids is 1. The normalized spacial score (nSPS) is 14.9. The quantitative estimate of drug-likeness (QED) is 0.764. The Morgan fingerprint density at radius 3 is 2.40 bits per heavy atom. The molecule has 0 saturated carbocycles. The van der Waals surface area contributed by atoms with Gasteiger partial charge in [-0.1, -0.05) is 58.4 Å². The highest BCUT2D eigenvalue weighted by atomic mass is 16.2. The Hall–Kier alpha value is -1.81. The van der Waals surface area contributed by atoms with Crippen LogP contribution in [-0.2, 0) is 4.79 Å². The molecule has 4 heteroatoms. The van der Waals surface area contributed by atoms with Crippen molar-refractivity contribution in [1.29, 1.82) is 0 Å². The van der Waals surface area contributed by atoms with Crippen molar-refractivity contribution in [3.05, 3.63) is 41.6 Å².